The Bertz CT molecular complexity index is 1230. The highest BCUT2D eigenvalue weighted by atomic mass is 35.5. The van der Waals surface area contributed by atoms with E-state index in [0.29, 0.717) is 34.6 Å². The molecule has 0 radical (unpaired) electrons. The van der Waals surface area contributed by atoms with E-state index in [2.05, 4.69) is 0 Å². The number of hydrogen-bond acceptors (Lipinski definition) is 9. The monoisotopic (exact) mass is 552 g/mol. The Hall–Kier alpha value is -3.04. The smallest absolute Gasteiger partial charge is 0.310 e. The van der Waals surface area contributed by atoms with Crippen LogP contribution in [0.2, 0.25) is 10.0 Å². The van der Waals surface area contributed by atoms with E-state index in [1.807, 2.05) is 6.92 Å². The normalized spacial score (nSPS) is 23.1. The second kappa shape index (κ2) is 10.0. The molecule has 0 unspecified atom stereocenters. The number of carbonyl (C=O) groups excluding carboxylic acids is 2. The first kappa shape index (κ1) is 25.6. The van der Waals surface area contributed by atoms with E-state index in [1.54, 1.807) is 12.1 Å². The summed E-state index contributed by atoms with van der Waals surface area (Å²) in [5.74, 6) is -1.10. The minimum Gasteiger partial charge on any atom is -0.491 e. The molecule has 0 bridgehead atoms. The van der Waals surface area contributed by atoms with Crippen molar-refractivity contribution in [2.24, 2.45) is 11.8 Å². The van der Waals surface area contributed by atoms with Crippen LogP contribution in [0.15, 0.2) is 12.1 Å². The Kier molecular flexibility index (Phi) is 6.93. The first-order chi connectivity index (χ1) is 17.9. The lowest BCUT2D eigenvalue weighted by Gasteiger charge is -2.39. The molecule has 9 nitrogen and oxygen atoms in total. The van der Waals surface area contributed by atoms with Crippen LogP contribution in [0, 0.1) is 11.8 Å². The maximum Gasteiger partial charge on any atom is 0.310 e. The zero-order chi connectivity index (χ0) is 26.4. The maximum absolute atomic E-state index is 13.3. The van der Waals surface area contributed by atoms with Gasteiger partial charge in [0.2, 0.25) is 12.5 Å². The zero-order valence-electron chi connectivity index (χ0n) is 20.7. The minimum atomic E-state index is -0.759. The molecule has 1 saturated heterocycles. The Balaban J connectivity index is 1.79. The third-order valence-electron chi connectivity index (χ3n) is 7.04. The Morgan fingerprint density at radius 1 is 0.946 bits per heavy atom. The number of halogens is 2. The molecule has 0 amide bonds. The molecule has 0 spiro atoms. The summed E-state index contributed by atoms with van der Waals surface area (Å²) in [4.78, 5) is 25.9. The van der Waals surface area contributed by atoms with Crippen molar-refractivity contribution in [3.05, 3.63) is 38.9 Å². The van der Waals surface area contributed by atoms with Crippen molar-refractivity contribution in [2.45, 2.75) is 31.8 Å². The van der Waals surface area contributed by atoms with Gasteiger partial charge < -0.3 is 33.2 Å². The molecule has 0 saturated carbocycles. The van der Waals surface area contributed by atoms with Crippen LogP contribution in [0.25, 0.3) is 0 Å². The molecule has 3 aliphatic rings. The van der Waals surface area contributed by atoms with Crippen LogP contribution in [0.5, 0.6) is 28.7 Å². The van der Waals surface area contributed by atoms with Gasteiger partial charge in [-0.3, -0.25) is 9.59 Å². The lowest BCUT2D eigenvalue weighted by Crippen LogP contribution is -2.37. The Morgan fingerprint density at radius 2 is 1.54 bits per heavy atom. The van der Waals surface area contributed by atoms with Crippen LogP contribution < -0.4 is 23.7 Å². The molecule has 4 atom stereocenters. The number of fused-ring (bicyclic) bond motifs is 3. The highest BCUT2D eigenvalue weighted by Gasteiger charge is 2.55. The van der Waals surface area contributed by atoms with Crippen molar-refractivity contribution in [2.75, 3.05) is 34.7 Å². The molecule has 2 aliphatic heterocycles. The SMILES string of the molecule is CCCC(=O)O[C@@H]1c2cc3c(cc2[C@@H](c2c(Cl)c(OC)c(OC)c(OC)c2Cl)[C@H]2C(=O)OC[C@@H]21)OCO3. The summed E-state index contributed by atoms with van der Waals surface area (Å²) in [6.07, 6.45) is 0.134. The third kappa shape index (κ3) is 3.99. The van der Waals surface area contributed by atoms with E-state index in [1.165, 1.54) is 21.3 Å². The second-order valence-corrected chi connectivity index (χ2v) is 9.69. The third-order valence-corrected chi connectivity index (χ3v) is 7.79. The van der Waals surface area contributed by atoms with E-state index >= 15 is 0 Å². The molecule has 5 rings (SSSR count). The van der Waals surface area contributed by atoms with Gasteiger partial charge in [-0.2, -0.15) is 0 Å². The van der Waals surface area contributed by atoms with Gasteiger partial charge in [0.1, 0.15) is 6.10 Å². The van der Waals surface area contributed by atoms with Gasteiger partial charge in [-0.1, -0.05) is 30.1 Å². The summed E-state index contributed by atoms with van der Waals surface area (Å²) in [6, 6.07) is 3.56. The molecule has 11 heteroatoms. The zero-order valence-corrected chi connectivity index (χ0v) is 22.2. The van der Waals surface area contributed by atoms with Crippen molar-refractivity contribution >= 4 is 35.1 Å². The summed E-state index contributed by atoms with van der Waals surface area (Å²) in [5.41, 5.74) is 1.72. The topological polar surface area (TPSA) is 98.8 Å². The summed E-state index contributed by atoms with van der Waals surface area (Å²) < 4.78 is 39.4. The van der Waals surface area contributed by atoms with Gasteiger partial charge in [-0.05, 0) is 24.1 Å². The number of benzene rings is 2. The molecule has 2 heterocycles. The van der Waals surface area contributed by atoms with Gasteiger partial charge in [-0.25, -0.2) is 0 Å². The lowest BCUT2D eigenvalue weighted by molar-refractivity contribution is -0.154. The number of cyclic esters (lactones) is 1. The Labute approximate surface area is 223 Å². The first-order valence-corrected chi connectivity index (χ1v) is 12.6. The van der Waals surface area contributed by atoms with E-state index in [0.717, 1.165) is 0 Å². The highest BCUT2D eigenvalue weighted by molar-refractivity contribution is 6.38. The van der Waals surface area contributed by atoms with Crippen LogP contribution in [-0.2, 0) is 19.1 Å². The number of esters is 2. The quantitative estimate of drug-likeness (QED) is 0.436. The predicted molar refractivity (Wildman–Crippen MR) is 132 cm³/mol. The molecule has 2 aromatic rings. The van der Waals surface area contributed by atoms with Gasteiger partial charge >= 0.3 is 11.9 Å². The molecule has 1 fully saturated rings. The number of ether oxygens (including phenoxy) is 7. The number of hydrogen-bond donors (Lipinski definition) is 0. The lowest BCUT2D eigenvalue weighted by atomic mass is 9.66. The van der Waals surface area contributed by atoms with Crippen LogP contribution in [0.4, 0.5) is 0 Å². The molecular formula is C26H26Cl2O9. The standard InChI is InChI=1S/C26H26Cl2O9/c1-5-6-16(29)37-22-12-8-15-14(35-10-36-15)7-11(12)17(18-13(22)9-34-26(18)30)19-20(27)23(31-2)25(33-4)24(32-3)21(19)28/h7-8,13,17-18,22H,5-6,9-10H2,1-4H3/t13-,17+,18-,22+/m0/s1. The highest BCUT2D eigenvalue weighted by Crippen LogP contribution is 2.60. The molecule has 1 aliphatic carbocycles. The fourth-order valence-electron chi connectivity index (χ4n) is 5.48. The summed E-state index contributed by atoms with van der Waals surface area (Å²) in [5, 5.41) is 0.331. The fraction of sp³-hybridized carbons (Fsp3) is 0.462. The molecular weight excluding hydrogens is 527 g/mol. The average molecular weight is 553 g/mol. The first-order valence-electron chi connectivity index (χ1n) is 11.8. The van der Waals surface area contributed by atoms with Gasteiger partial charge in [0.15, 0.2) is 23.0 Å². The van der Waals surface area contributed by atoms with E-state index in [4.69, 9.17) is 56.4 Å². The van der Waals surface area contributed by atoms with Crippen LogP contribution in [0.1, 0.15) is 48.5 Å². The molecule has 0 N–H and O–H groups in total. The van der Waals surface area contributed by atoms with Crippen molar-refractivity contribution in [1.82, 2.24) is 0 Å². The van der Waals surface area contributed by atoms with Crippen molar-refractivity contribution < 1.29 is 42.7 Å². The second-order valence-electron chi connectivity index (χ2n) is 8.93. The molecule has 198 valence electrons. The minimum absolute atomic E-state index is 0.0454. The van der Waals surface area contributed by atoms with Crippen LogP contribution >= 0.6 is 23.2 Å². The van der Waals surface area contributed by atoms with E-state index in [-0.39, 0.29) is 53.1 Å². The summed E-state index contributed by atoms with van der Waals surface area (Å²) >= 11 is 13.8. The molecule has 2 aromatic carbocycles. The van der Waals surface area contributed by atoms with E-state index in [9.17, 15) is 9.59 Å². The number of methoxy groups -OCH3 is 3. The average Bonchev–Trinajstić information content (AvgIpc) is 3.50. The van der Waals surface area contributed by atoms with Gasteiger partial charge in [0, 0.05) is 29.4 Å². The van der Waals surface area contributed by atoms with Crippen molar-refractivity contribution in [1.29, 1.82) is 0 Å². The Morgan fingerprint density at radius 3 is 2.11 bits per heavy atom. The van der Waals surface area contributed by atoms with Crippen molar-refractivity contribution in [3.8, 4) is 28.7 Å². The number of rotatable bonds is 7. The summed E-state index contributed by atoms with van der Waals surface area (Å²) in [6.45, 7) is 2.00. The number of carbonyl (C=O) groups is 2. The van der Waals surface area contributed by atoms with Gasteiger partial charge in [0.05, 0.1) is 43.9 Å². The van der Waals surface area contributed by atoms with E-state index < -0.39 is 29.8 Å². The fourth-order valence-corrected chi connectivity index (χ4v) is 6.28. The van der Waals surface area contributed by atoms with Crippen LogP contribution in [-0.4, -0.2) is 46.7 Å². The largest absolute Gasteiger partial charge is 0.491 e. The van der Waals surface area contributed by atoms with Gasteiger partial charge in [-0.15, -0.1) is 0 Å². The van der Waals surface area contributed by atoms with Gasteiger partial charge in [0.25, 0.3) is 0 Å². The van der Waals surface area contributed by atoms with Crippen molar-refractivity contribution in [3.63, 3.8) is 0 Å². The summed E-state index contributed by atoms with van der Waals surface area (Å²) in [7, 11) is 4.34. The predicted octanol–water partition coefficient (Wildman–Crippen LogP) is 5.07. The maximum atomic E-state index is 13.3. The molecule has 0 aromatic heterocycles. The molecule has 37 heavy (non-hydrogen) atoms. The van der Waals surface area contributed by atoms with Crippen LogP contribution in [0.3, 0.4) is 0 Å².